The Morgan fingerprint density at radius 3 is 2.24 bits per heavy atom. The molecule has 0 radical (unpaired) electrons. The van der Waals surface area contributed by atoms with Crippen LogP contribution in [0, 0.1) is 6.57 Å². The Kier molecular flexibility index (Phi) is 5.32. The van der Waals surface area contributed by atoms with E-state index >= 15 is 0 Å². The maximum Gasteiger partial charge on any atom is 0.416 e. The maximum atomic E-state index is 14.0. The topological polar surface area (TPSA) is 48.2 Å². The number of nitrogens with zero attached hydrogens (tertiary/aromatic N) is 3. The predicted octanol–water partition coefficient (Wildman–Crippen LogP) is 5.96. The second-order valence-electron chi connectivity index (χ2n) is 4.57. The van der Waals surface area contributed by atoms with Crippen LogP contribution in [-0.4, -0.2) is 14.9 Å². The molecule has 12 heteroatoms. The summed E-state index contributed by atoms with van der Waals surface area (Å²) in [4.78, 5) is 2.43. The van der Waals surface area contributed by atoms with Crippen LogP contribution < -0.4 is 5.73 Å². The number of halogens is 7. The van der Waals surface area contributed by atoms with Gasteiger partial charge in [0.1, 0.15) is 10.6 Å². The molecule has 2 aromatic rings. The summed E-state index contributed by atoms with van der Waals surface area (Å²) in [5, 5.41) is 1.60. The number of aromatic nitrogens is 2. The quantitative estimate of drug-likeness (QED) is 0.284. The Morgan fingerprint density at radius 2 is 1.84 bits per heavy atom. The molecule has 0 bridgehead atoms. The third kappa shape index (κ3) is 3.58. The van der Waals surface area contributed by atoms with Crippen LogP contribution in [0.3, 0.4) is 0 Å². The number of alkyl halides is 3. The Bertz CT molecular complexity index is 903. The van der Waals surface area contributed by atoms with Gasteiger partial charge in [0.2, 0.25) is 0 Å². The molecule has 1 aromatic heterocycles. The van der Waals surface area contributed by atoms with Crippen molar-refractivity contribution in [2.75, 3.05) is 5.73 Å². The molecular weight excluding hydrogens is 410 g/mol. The monoisotopic (exact) mass is 416 g/mol. The van der Waals surface area contributed by atoms with Crippen molar-refractivity contribution >= 4 is 50.8 Å². The van der Waals surface area contributed by atoms with Crippen molar-refractivity contribution in [3.8, 4) is 5.69 Å². The van der Waals surface area contributed by atoms with E-state index < -0.39 is 54.3 Å². The van der Waals surface area contributed by atoms with Gasteiger partial charge >= 0.3 is 12.0 Å². The van der Waals surface area contributed by atoms with Crippen molar-refractivity contribution < 1.29 is 21.4 Å². The van der Waals surface area contributed by atoms with Crippen molar-refractivity contribution in [3.63, 3.8) is 0 Å². The van der Waals surface area contributed by atoms with Gasteiger partial charge in [-0.15, -0.1) is 4.68 Å². The highest BCUT2D eigenvalue weighted by atomic mass is 35.5. The van der Waals surface area contributed by atoms with Crippen molar-refractivity contribution in [1.82, 2.24) is 9.78 Å². The van der Waals surface area contributed by atoms with Gasteiger partial charge in [0.25, 0.3) is 0 Å². The molecule has 0 aliphatic rings. The molecule has 1 aromatic carbocycles. The average Bonchev–Trinajstić information content (AvgIpc) is 2.81. The van der Waals surface area contributed by atoms with Gasteiger partial charge in [0, 0.05) is 10.9 Å². The first kappa shape index (κ1) is 19.5. The molecule has 0 fully saturated rings. The van der Waals surface area contributed by atoms with E-state index in [9.17, 15) is 21.4 Å². The highest BCUT2D eigenvalue weighted by molar-refractivity contribution is 8.11. The summed E-state index contributed by atoms with van der Waals surface area (Å²) in [5.41, 5.74) is 4.33. The largest absolute Gasteiger partial charge is 0.416 e. The molecule has 0 aliphatic heterocycles. The molecule has 2 N–H and O–H groups in total. The first-order valence-corrected chi connectivity index (χ1v) is 8.09. The zero-order valence-corrected chi connectivity index (χ0v) is 14.5. The number of benzene rings is 1. The van der Waals surface area contributed by atoms with E-state index in [1.165, 1.54) is 0 Å². The second kappa shape index (κ2) is 6.82. The maximum absolute atomic E-state index is 14.0. The fourth-order valence-electron chi connectivity index (χ4n) is 1.89. The Labute approximate surface area is 151 Å². The summed E-state index contributed by atoms with van der Waals surface area (Å²) < 4.78 is 66.3. The van der Waals surface area contributed by atoms with Crippen LogP contribution >= 0.6 is 34.1 Å². The lowest BCUT2D eigenvalue weighted by Crippen LogP contribution is -2.08. The van der Waals surface area contributed by atoms with Crippen LogP contribution in [0.15, 0.2) is 17.0 Å². The molecule has 0 saturated carbocycles. The fraction of sp³-hybridized carbons (Fsp3) is 0.154. The summed E-state index contributed by atoms with van der Waals surface area (Å²) in [6, 6.07) is 1.17. The predicted molar refractivity (Wildman–Crippen MR) is 88.0 cm³/mol. The van der Waals surface area contributed by atoms with Gasteiger partial charge < -0.3 is 10.6 Å². The molecule has 1 unspecified atom stereocenters. The standard InChI is InChI=1S/C13H7Cl2F5N4S/c1-5(16)25(20)10-11(21)24(23-12(10)22-2)9-7(14)3-6(4-8(9)15)13(17,18)19/h3-4H,21H2,1H3. The first-order chi connectivity index (χ1) is 11.5. The minimum absolute atomic E-state index is 0.279. The molecule has 2 rings (SSSR count). The lowest BCUT2D eigenvalue weighted by Gasteiger charge is -2.11. The van der Waals surface area contributed by atoms with E-state index in [4.69, 9.17) is 35.5 Å². The summed E-state index contributed by atoms with van der Waals surface area (Å²) in [6.07, 6.45) is -4.69. The zero-order chi connectivity index (χ0) is 19.1. The Morgan fingerprint density at radius 1 is 1.32 bits per heavy atom. The van der Waals surface area contributed by atoms with E-state index in [-0.39, 0.29) is 5.69 Å². The SMILES string of the molecule is [C-]#[N+]c1nn(-c2c(Cl)cc(C(F)(F)F)cc2Cl)c(N)c1S(F)=C(C)F. The highest BCUT2D eigenvalue weighted by Gasteiger charge is 2.33. The van der Waals surface area contributed by atoms with E-state index in [1.807, 2.05) is 0 Å². The minimum atomic E-state index is -4.69. The molecule has 0 amide bonds. The summed E-state index contributed by atoms with van der Waals surface area (Å²) in [7, 11) is -2.63. The average molecular weight is 417 g/mol. The van der Waals surface area contributed by atoms with Crippen LogP contribution in [0.5, 0.6) is 0 Å². The smallest absolute Gasteiger partial charge is 0.382 e. The molecule has 1 heterocycles. The summed E-state index contributed by atoms with van der Waals surface area (Å²) in [6.45, 7) is 7.85. The van der Waals surface area contributed by atoms with Gasteiger partial charge in [-0.2, -0.15) is 17.1 Å². The normalized spacial score (nSPS) is 13.5. The van der Waals surface area contributed by atoms with Crippen molar-refractivity contribution in [2.24, 2.45) is 0 Å². The van der Waals surface area contributed by atoms with Gasteiger partial charge in [-0.1, -0.05) is 29.8 Å². The van der Waals surface area contributed by atoms with Gasteiger partial charge in [-0.25, -0.2) is 4.39 Å². The van der Waals surface area contributed by atoms with Crippen molar-refractivity contribution in [3.05, 3.63) is 39.2 Å². The number of nitrogen functional groups attached to an aromatic ring is 1. The number of nitrogens with two attached hydrogens (primary N) is 1. The lowest BCUT2D eigenvalue weighted by atomic mass is 10.2. The van der Waals surface area contributed by atoms with Gasteiger partial charge in [-0.05, 0) is 24.2 Å². The molecule has 4 nitrogen and oxygen atoms in total. The molecule has 0 saturated heterocycles. The number of hydrogen-bond donors (Lipinski definition) is 1. The fourth-order valence-corrected chi connectivity index (χ4v) is 3.34. The Balaban J connectivity index is 2.78. The second-order valence-corrected chi connectivity index (χ2v) is 6.87. The number of rotatable bonds is 2. The van der Waals surface area contributed by atoms with Gasteiger partial charge in [0.15, 0.2) is 10.9 Å². The molecule has 1 atom stereocenters. The summed E-state index contributed by atoms with van der Waals surface area (Å²) in [5.74, 6) is -1.04. The van der Waals surface area contributed by atoms with E-state index in [2.05, 4.69) is 9.94 Å². The third-order valence-corrected chi connectivity index (χ3v) is 4.77. The van der Waals surface area contributed by atoms with E-state index in [0.717, 1.165) is 11.6 Å². The third-order valence-electron chi connectivity index (χ3n) is 2.95. The lowest BCUT2D eigenvalue weighted by molar-refractivity contribution is -0.137. The van der Waals surface area contributed by atoms with Crippen LogP contribution in [0.1, 0.15) is 12.5 Å². The van der Waals surface area contributed by atoms with E-state index in [0.29, 0.717) is 12.1 Å². The van der Waals surface area contributed by atoms with Gasteiger partial charge in [-0.3, -0.25) is 0 Å². The van der Waals surface area contributed by atoms with Crippen LogP contribution in [0.2, 0.25) is 10.0 Å². The van der Waals surface area contributed by atoms with Gasteiger partial charge in [0.05, 0.1) is 15.6 Å². The number of hydrogen-bond acceptors (Lipinski definition) is 2. The van der Waals surface area contributed by atoms with Crippen LogP contribution in [-0.2, 0) is 6.18 Å². The highest BCUT2D eigenvalue weighted by Crippen LogP contribution is 2.45. The van der Waals surface area contributed by atoms with Crippen molar-refractivity contribution in [1.29, 1.82) is 0 Å². The van der Waals surface area contributed by atoms with Crippen molar-refractivity contribution in [2.45, 2.75) is 18.0 Å². The molecular formula is C13H7Cl2F5N4S. The first-order valence-electron chi connectivity index (χ1n) is 6.21. The Hall–Kier alpha value is -1.83. The molecule has 0 aliphatic carbocycles. The minimum Gasteiger partial charge on any atom is -0.382 e. The molecule has 25 heavy (non-hydrogen) atoms. The van der Waals surface area contributed by atoms with Crippen LogP contribution in [0.25, 0.3) is 10.5 Å². The number of anilines is 1. The van der Waals surface area contributed by atoms with Crippen LogP contribution in [0.4, 0.5) is 33.1 Å². The molecule has 0 spiro atoms. The molecule has 134 valence electrons. The zero-order valence-electron chi connectivity index (χ0n) is 12.1. The summed E-state index contributed by atoms with van der Waals surface area (Å²) >= 11 is 11.7. The van der Waals surface area contributed by atoms with E-state index in [1.54, 1.807) is 0 Å².